The Morgan fingerprint density at radius 3 is 2.36 bits per heavy atom. The highest BCUT2D eigenvalue weighted by Crippen LogP contribution is 2.30. The molecule has 1 heterocycles. The van der Waals surface area contributed by atoms with Gasteiger partial charge in [0.1, 0.15) is 0 Å². The van der Waals surface area contributed by atoms with Gasteiger partial charge in [0.25, 0.3) is 5.91 Å². The third kappa shape index (κ3) is 6.45. The highest BCUT2D eigenvalue weighted by Gasteiger charge is 2.31. The summed E-state index contributed by atoms with van der Waals surface area (Å²) in [6.07, 6.45) is 3.88. The minimum atomic E-state index is -0.847. The molecule has 1 fully saturated rings. The van der Waals surface area contributed by atoms with Gasteiger partial charge in [-0.05, 0) is 74.9 Å². The average molecular weight is 524 g/mol. The van der Waals surface area contributed by atoms with E-state index >= 15 is 0 Å². The summed E-state index contributed by atoms with van der Waals surface area (Å²) in [5, 5.41) is 10.9. The van der Waals surface area contributed by atoms with Crippen molar-refractivity contribution < 1.29 is 4.79 Å². The zero-order valence-electron chi connectivity index (χ0n) is 20.9. The minimum absolute atomic E-state index is 0.181. The molecule has 1 atom stereocenters. The van der Waals surface area contributed by atoms with E-state index in [0.717, 1.165) is 48.4 Å². The van der Waals surface area contributed by atoms with Gasteiger partial charge in [0.15, 0.2) is 5.11 Å². The number of benzene rings is 2. The van der Waals surface area contributed by atoms with Crippen LogP contribution in [0.4, 0.5) is 5.69 Å². The first kappa shape index (κ1) is 26.2. The van der Waals surface area contributed by atoms with E-state index in [9.17, 15) is 4.79 Å². The number of allylic oxidation sites excluding steroid dienone is 1. The van der Waals surface area contributed by atoms with Crippen LogP contribution in [0, 0.1) is 11.8 Å². The molecular weight excluding hydrogens is 490 g/mol. The van der Waals surface area contributed by atoms with Crippen LogP contribution in [0.2, 0.25) is 5.02 Å². The second-order valence-corrected chi connectivity index (χ2v) is 10.6. The van der Waals surface area contributed by atoms with Crippen molar-refractivity contribution in [3.63, 3.8) is 0 Å². The molecule has 1 aliphatic heterocycles. The van der Waals surface area contributed by atoms with Gasteiger partial charge in [-0.25, -0.2) is 4.99 Å². The van der Waals surface area contributed by atoms with Gasteiger partial charge in [0, 0.05) is 42.0 Å². The van der Waals surface area contributed by atoms with Crippen LogP contribution in [-0.2, 0) is 4.79 Å². The summed E-state index contributed by atoms with van der Waals surface area (Å²) in [6, 6.07) is 15.3. The predicted octanol–water partition coefficient (Wildman–Crippen LogP) is 4.87. The normalized spacial score (nSPS) is 21.6. The number of amides is 1. The Balaban J connectivity index is 1.43. The van der Waals surface area contributed by atoms with Gasteiger partial charge >= 0.3 is 0 Å². The summed E-state index contributed by atoms with van der Waals surface area (Å²) in [5.41, 5.74) is 4.21. The van der Waals surface area contributed by atoms with Crippen molar-refractivity contribution in [1.82, 2.24) is 16.0 Å². The van der Waals surface area contributed by atoms with Crippen molar-refractivity contribution in [2.45, 2.75) is 38.8 Å². The molecule has 0 bridgehead atoms. The maximum absolute atomic E-state index is 13.4. The molecule has 4 rings (SSSR count). The molecule has 6 nitrogen and oxygen atoms in total. The number of anilines is 1. The summed E-state index contributed by atoms with van der Waals surface area (Å²) in [7, 11) is 1.75. The Labute approximate surface area is 224 Å². The number of likely N-dealkylation sites (N-methyl/N-ethyl adjacent to an activating group) is 1. The van der Waals surface area contributed by atoms with E-state index in [2.05, 4.69) is 22.5 Å². The maximum Gasteiger partial charge on any atom is 0.272 e. The number of nitrogens with one attached hydrogen (secondary N) is 3. The van der Waals surface area contributed by atoms with Crippen molar-refractivity contribution in [1.29, 1.82) is 0 Å². The van der Waals surface area contributed by atoms with E-state index in [1.165, 1.54) is 12.8 Å². The smallest absolute Gasteiger partial charge is 0.272 e. The molecule has 1 unspecified atom stereocenters. The van der Waals surface area contributed by atoms with E-state index in [0.29, 0.717) is 27.7 Å². The van der Waals surface area contributed by atoms with Crippen LogP contribution >= 0.6 is 23.8 Å². The SMILES string of the molecule is C=C(C)NCC1CCC(CNC(=S)NC2N=C(c3ccccc3)c3cc(Cl)ccc3N(C)C2=O)CC1. The number of thiocarbonyl (C=S) groups is 1. The number of hydrogen-bond donors (Lipinski definition) is 3. The standard InChI is InChI=1S/C28H34ClN5OS/c1-18(2)30-16-19-9-11-20(12-10-19)17-31-28(36)33-26-27(35)34(3)24-14-13-22(29)15-23(24)25(32-26)21-7-5-4-6-8-21/h4-8,13-15,19-20,26,30H,1,9-12,16-17H2,2-3H3,(H2,31,33,36). The number of nitrogens with zero attached hydrogens (tertiary/aromatic N) is 2. The zero-order chi connectivity index (χ0) is 25.7. The first-order valence-corrected chi connectivity index (χ1v) is 13.2. The van der Waals surface area contributed by atoms with Gasteiger partial charge in [-0.2, -0.15) is 0 Å². The van der Waals surface area contributed by atoms with E-state index < -0.39 is 6.17 Å². The van der Waals surface area contributed by atoms with Gasteiger partial charge in [0.05, 0.1) is 11.4 Å². The molecule has 2 aromatic carbocycles. The van der Waals surface area contributed by atoms with E-state index in [4.69, 9.17) is 28.8 Å². The zero-order valence-corrected chi connectivity index (χ0v) is 22.5. The summed E-state index contributed by atoms with van der Waals surface area (Å²) in [4.78, 5) is 19.9. The molecule has 0 aromatic heterocycles. The fourth-order valence-corrected chi connectivity index (χ4v) is 5.20. The first-order valence-electron chi connectivity index (χ1n) is 12.5. The van der Waals surface area contributed by atoms with Crippen LogP contribution in [0.15, 0.2) is 65.8 Å². The monoisotopic (exact) mass is 523 g/mol. The lowest BCUT2D eigenvalue weighted by Crippen LogP contribution is -2.50. The van der Waals surface area contributed by atoms with Gasteiger partial charge in [-0.3, -0.25) is 4.79 Å². The van der Waals surface area contributed by atoms with Crippen molar-refractivity contribution in [2.24, 2.45) is 16.8 Å². The molecular formula is C28H34ClN5OS. The molecule has 36 heavy (non-hydrogen) atoms. The molecule has 1 aliphatic carbocycles. The summed E-state index contributed by atoms with van der Waals surface area (Å²) >= 11 is 11.9. The molecule has 1 saturated carbocycles. The molecule has 0 radical (unpaired) electrons. The van der Waals surface area contributed by atoms with Gasteiger partial charge in [0.2, 0.25) is 6.17 Å². The number of hydrogen-bond acceptors (Lipinski definition) is 4. The molecule has 190 valence electrons. The quantitative estimate of drug-likeness (QED) is 0.452. The van der Waals surface area contributed by atoms with Gasteiger partial charge in [-0.1, -0.05) is 48.5 Å². The Kier molecular flexibility index (Phi) is 8.64. The molecule has 8 heteroatoms. The van der Waals surface area contributed by atoms with Crippen LogP contribution in [0.3, 0.4) is 0 Å². The minimum Gasteiger partial charge on any atom is -0.389 e. The highest BCUT2D eigenvalue weighted by molar-refractivity contribution is 7.80. The van der Waals surface area contributed by atoms with Crippen LogP contribution in [0.1, 0.15) is 43.7 Å². The lowest BCUT2D eigenvalue weighted by molar-refractivity contribution is -0.119. The predicted molar refractivity (Wildman–Crippen MR) is 153 cm³/mol. The second kappa shape index (κ2) is 11.9. The Morgan fingerprint density at radius 2 is 1.72 bits per heavy atom. The largest absolute Gasteiger partial charge is 0.389 e. The summed E-state index contributed by atoms with van der Waals surface area (Å²) < 4.78 is 0. The Morgan fingerprint density at radius 1 is 1.08 bits per heavy atom. The van der Waals surface area contributed by atoms with Gasteiger partial charge in [-0.15, -0.1) is 0 Å². The van der Waals surface area contributed by atoms with Crippen molar-refractivity contribution in [3.8, 4) is 0 Å². The fourth-order valence-electron chi connectivity index (χ4n) is 4.84. The maximum atomic E-state index is 13.4. The van der Waals surface area contributed by atoms with Crippen molar-refractivity contribution in [2.75, 3.05) is 25.0 Å². The number of rotatable bonds is 7. The van der Waals surface area contributed by atoms with Crippen molar-refractivity contribution in [3.05, 3.63) is 77.0 Å². The van der Waals surface area contributed by atoms with E-state index in [1.807, 2.05) is 49.4 Å². The van der Waals surface area contributed by atoms with Crippen molar-refractivity contribution >= 4 is 46.2 Å². The van der Waals surface area contributed by atoms with Crippen LogP contribution in [0.5, 0.6) is 0 Å². The van der Waals surface area contributed by atoms with Crippen LogP contribution in [0.25, 0.3) is 0 Å². The van der Waals surface area contributed by atoms with Gasteiger partial charge < -0.3 is 20.9 Å². The average Bonchev–Trinajstić information content (AvgIpc) is 2.97. The number of benzodiazepines with no additional fused rings is 1. The van der Waals surface area contributed by atoms with E-state index in [1.54, 1.807) is 18.0 Å². The number of aliphatic imine (C=N–C) groups is 1. The Bertz CT molecular complexity index is 1140. The summed E-state index contributed by atoms with van der Waals surface area (Å²) in [5.74, 6) is 1.08. The first-order chi connectivity index (χ1) is 17.3. The highest BCUT2D eigenvalue weighted by atomic mass is 35.5. The summed E-state index contributed by atoms with van der Waals surface area (Å²) in [6.45, 7) is 7.71. The number of carbonyl (C=O) groups excluding carboxylic acids is 1. The molecule has 1 amide bonds. The number of halogens is 1. The molecule has 0 saturated heterocycles. The lowest BCUT2D eigenvalue weighted by Gasteiger charge is -2.29. The number of fused-ring (bicyclic) bond motifs is 1. The van der Waals surface area contributed by atoms with Crippen LogP contribution in [-0.4, -0.2) is 43.0 Å². The van der Waals surface area contributed by atoms with Crippen LogP contribution < -0.4 is 20.9 Å². The Hall–Kier alpha value is -2.90. The fraction of sp³-hybridized carbons (Fsp3) is 0.393. The topological polar surface area (TPSA) is 68.8 Å². The number of carbonyl (C=O) groups is 1. The third-order valence-corrected chi connectivity index (χ3v) is 7.42. The second-order valence-electron chi connectivity index (χ2n) is 9.71. The van der Waals surface area contributed by atoms with E-state index in [-0.39, 0.29) is 5.91 Å². The third-order valence-electron chi connectivity index (χ3n) is 6.92. The lowest BCUT2D eigenvalue weighted by atomic mass is 9.82. The molecule has 2 aromatic rings. The molecule has 3 N–H and O–H groups in total. The molecule has 2 aliphatic rings. The molecule has 0 spiro atoms.